The molecule has 0 aliphatic carbocycles. The largest absolute Gasteiger partial charge is 0.507 e. The van der Waals surface area contributed by atoms with Crippen LogP contribution in [0.15, 0.2) is 24.3 Å². The molecule has 3 aromatic rings. The van der Waals surface area contributed by atoms with Gasteiger partial charge in [0.1, 0.15) is 16.5 Å². The lowest BCUT2D eigenvalue weighted by Crippen LogP contribution is -2.12. The number of phenols is 1. The Labute approximate surface area is 142 Å². The van der Waals surface area contributed by atoms with Crippen molar-refractivity contribution in [2.45, 2.75) is 26.7 Å². The fraction of sp³-hybridized carbons (Fsp3) is 0.250. The second-order valence-corrected chi connectivity index (χ2v) is 6.70. The molecule has 0 radical (unpaired) electrons. The van der Waals surface area contributed by atoms with Crippen molar-refractivity contribution in [1.82, 2.24) is 20.4 Å². The third kappa shape index (κ3) is 3.13. The SMILES string of the molecule is Cc1cccc(-c2cc(C(=O)Nc3nnc(C(C)C)s3)[nH]n2)c1O. The Kier molecular flexibility index (Phi) is 4.30. The summed E-state index contributed by atoms with van der Waals surface area (Å²) in [5, 5.41) is 28.9. The van der Waals surface area contributed by atoms with E-state index in [4.69, 9.17) is 0 Å². The van der Waals surface area contributed by atoms with Crippen LogP contribution in [0.5, 0.6) is 5.75 Å². The number of para-hydroxylation sites is 1. The van der Waals surface area contributed by atoms with Crippen molar-refractivity contribution in [2.75, 3.05) is 5.32 Å². The van der Waals surface area contributed by atoms with E-state index < -0.39 is 0 Å². The van der Waals surface area contributed by atoms with Crippen LogP contribution in [-0.2, 0) is 0 Å². The van der Waals surface area contributed by atoms with Gasteiger partial charge in [0, 0.05) is 11.5 Å². The first-order valence-electron chi connectivity index (χ1n) is 7.45. The fourth-order valence-electron chi connectivity index (χ4n) is 2.12. The van der Waals surface area contributed by atoms with Crippen molar-refractivity contribution < 1.29 is 9.90 Å². The van der Waals surface area contributed by atoms with Crippen molar-refractivity contribution in [1.29, 1.82) is 0 Å². The Hall–Kier alpha value is -2.74. The summed E-state index contributed by atoms with van der Waals surface area (Å²) in [5.41, 5.74) is 2.11. The summed E-state index contributed by atoms with van der Waals surface area (Å²) in [6, 6.07) is 6.97. The van der Waals surface area contributed by atoms with E-state index in [-0.39, 0.29) is 23.3 Å². The minimum Gasteiger partial charge on any atom is -0.507 e. The standard InChI is InChI=1S/C16H17N5O2S/c1-8(2)15-20-21-16(24-15)17-14(23)12-7-11(18-19-12)10-6-4-5-9(3)13(10)22/h4-8,22H,1-3H3,(H,18,19)(H,17,21,23). The molecular formula is C16H17N5O2S. The summed E-state index contributed by atoms with van der Waals surface area (Å²) in [6.45, 7) is 5.84. The van der Waals surface area contributed by atoms with Crippen LogP contribution in [0.2, 0.25) is 0 Å². The number of hydrogen-bond donors (Lipinski definition) is 3. The van der Waals surface area contributed by atoms with E-state index in [9.17, 15) is 9.90 Å². The van der Waals surface area contributed by atoms with Gasteiger partial charge in [0.2, 0.25) is 5.13 Å². The van der Waals surface area contributed by atoms with Crippen LogP contribution in [0.3, 0.4) is 0 Å². The van der Waals surface area contributed by atoms with Gasteiger partial charge in [-0.2, -0.15) is 5.10 Å². The van der Waals surface area contributed by atoms with Crippen LogP contribution in [0.4, 0.5) is 5.13 Å². The molecule has 2 aromatic heterocycles. The zero-order valence-electron chi connectivity index (χ0n) is 13.5. The number of carbonyl (C=O) groups excluding carboxylic acids is 1. The molecule has 0 saturated heterocycles. The van der Waals surface area contributed by atoms with Gasteiger partial charge in [-0.05, 0) is 24.6 Å². The summed E-state index contributed by atoms with van der Waals surface area (Å²) in [5.74, 6) is 0.0604. The van der Waals surface area contributed by atoms with Crippen LogP contribution in [0.25, 0.3) is 11.3 Å². The summed E-state index contributed by atoms with van der Waals surface area (Å²) >= 11 is 1.34. The van der Waals surface area contributed by atoms with E-state index in [1.807, 2.05) is 19.9 Å². The first kappa shape index (κ1) is 16.1. The zero-order valence-corrected chi connectivity index (χ0v) is 14.3. The highest BCUT2D eigenvalue weighted by Crippen LogP contribution is 2.30. The van der Waals surface area contributed by atoms with Crippen LogP contribution in [-0.4, -0.2) is 31.4 Å². The molecule has 3 rings (SSSR count). The maximum Gasteiger partial charge on any atom is 0.275 e. The molecule has 124 valence electrons. The fourth-order valence-corrected chi connectivity index (χ4v) is 2.87. The van der Waals surface area contributed by atoms with Crippen molar-refractivity contribution in [3.8, 4) is 17.0 Å². The lowest BCUT2D eigenvalue weighted by molar-refractivity contribution is 0.102. The van der Waals surface area contributed by atoms with Gasteiger partial charge in [-0.1, -0.05) is 37.3 Å². The highest BCUT2D eigenvalue weighted by Gasteiger charge is 2.16. The van der Waals surface area contributed by atoms with Gasteiger partial charge in [-0.15, -0.1) is 10.2 Å². The van der Waals surface area contributed by atoms with Gasteiger partial charge < -0.3 is 5.11 Å². The Morgan fingerprint density at radius 1 is 1.33 bits per heavy atom. The Morgan fingerprint density at radius 3 is 2.83 bits per heavy atom. The molecule has 0 unspecified atom stereocenters. The molecule has 0 atom stereocenters. The van der Waals surface area contributed by atoms with Crippen LogP contribution in [0, 0.1) is 6.92 Å². The number of nitrogens with zero attached hydrogens (tertiary/aromatic N) is 3. The Balaban J connectivity index is 1.79. The van der Waals surface area contributed by atoms with Crippen molar-refractivity contribution in [3.63, 3.8) is 0 Å². The van der Waals surface area contributed by atoms with Gasteiger partial charge >= 0.3 is 0 Å². The normalized spacial score (nSPS) is 11.0. The maximum absolute atomic E-state index is 12.3. The van der Waals surface area contributed by atoms with Gasteiger partial charge in [0.05, 0.1) is 5.69 Å². The smallest absolute Gasteiger partial charge is 0.275 e. The molecule has 24 heavy (non-hydrogen) atoms. The molecule has 1 aromatic carbocycles. The number of hydrogen-bond acceptors (Lipinski definition) is 6. The number of nitrogens with one attached hydrogen (secondary N) is 2. The van der Waals surface area contributed by atoms with Crippen LogP contribution >= 0.6 is 11.3 Å². The van der Waals surface area contributed by atoms with E-state index in [1.165, 1.54) is 11.3 Å². The second-order valence-electron chi connectivity index (χ2n) is 5.69. The van der Waals surface area contributed by atoms with E-state index in [1.54, 1.807) is 25.1 Å². The van der Waals surface area contributed by atoms with E-state index in [0.29, 0.717) is 16.4 Å². The minimum atomic E-state index is -0.354. The van der Waals surface area contributed by atoms with Crippen molar-refractivity contribution in [3.05, 3.63) is 40.5 Å². The van der Waals surface area contributed by atoms with Gasteiger partial charge in [0.15, 0.2) is 0 Å². The van der Waals surface area contributed by atoms with E-state index in [2.05, 4.69) is 25.7 Å². The van der Waals surface area contributed by atoms with Gasteiger partial charge in [-0.3, -0.25) is 15.2 Å². The Morgan fingerprint density at radius 2 is 2.12 bits per heavy atom. The lowest BCUT2D eigenvalue weighted by Gasteiger charge is -2.03. The first-order valence-corrected chi connectivity index (χ1v) is 8.26. The highest BCUT2D eigenvalue weighted by atomic mass is 32.1. The third-order valence-electron chi connectivity index (χ3n) is 3.49. The molecule has 0 aliphatic heterocycles. The molecule has 0 saturated carbocycles. The quantitative estimate of drug-likeness (QED) is 0.674. The molecule has 0 fully saturated rings. The number of H-pyrrole nitrogens is 1. The number of phenolic OH excluding ortho intramolecular Hbond substituents is 1. The van der Waals surface area contributed by atoms with Crippen molar-refractivity contribution >= 4 is 22.4 Å². The molecule has 8 heteroatoms. The number of carbonyl (C=O) groups is 1. The summed E-state index contributed by atoms with van der Waals surface area (Å²) in [6.07, 6.45) is 0. The average Bonchev–Trinajstić information content (AvgIpc) is 3.19. The average molecular weight is 343 g/mol. The Bertz CT molecular complexity index is 884. The lowest BCUT2D eigenvalue weighted by atomic mass is 10.1. The molecule has 0 spiro atoms. The number of benzene rings is 1. The van der Waals surface area contributed by atoms with E-state index in [0.717, 1.165) is 10.6 Å². The first-order chi connectivity index (χ1) is 11.5. The maximum atomic E-state index is 12.3. The molecule has 7 nitrogen and oxygen atoms in total. The third-order valence-corrected chi connectivity index (χ3v) is 4.63. The number of aryl methyl sites for hydroxylation is 1. The summed E-state index contributed by atoms with van der Waals surface area (Å²) < 4.78 is 0. The van der Waals surface area contributed by atoms with E-state index >= 15 is 0 Å². The molecular weight excluding hydrogens is 326 g/mol. The van der Waals surface area contributed by atoms with Crippen LogP contribution < -0.4 is 5.32 Å². The van der Waals surface area contributed by atoms with Crippen LogP contribution in [0.1, 0.15) is 40.8 Å². The zero-order chi connectivity index (χ0) is 17.3. The number of anilines is 1. The molecule has 0 bridgehead atoms. The number of aromatic amines is 1. The molecule has 3 N–H and O–H groups in total. The second kappa shape index (κ2) is 6.40. The van der Waals surface area contributed by atoms with Gasteiger partial charge in [-0.25, -0.2) is 0 Å². The molecule has 2 heterocycles. The number of amides is 1. The summed E-state index contributed by atoms with van der Waals surface area (Å²) in [7, 11) is 0. The number of aromatic hydroxyl groups is 1. The predicted molar refractivity (Wildman–Crippen MR) is 92.4 cm³/mol. The summed E-state index contributed by atoms with van der Waals surface area (Å²) in [4.78, 5) is 12.3. The predicted octanol–water partition coefficient (Wildman–Crippen LogP) is 3.32. The molecule has 0 aliphatic rings. The highest BCUT2D eigenvalue weighted by molar-refractivity contribution is 7.15. The monoisotopic (exact) mass is 343 g/mol. The van der Waals surface area contributed by atoms with Crippen molar-refractivity contribution in [2.24, 2.45) is 0 Å². The number of rotatable bonds is 4. The number of aromatic nitrogens is 4. The van der Waals surface area contributed by atoms with Gasteiger partial charge in [0.25, 0.3) is 5.91 Å². The topological polar surface area (TPSA) is 104 Å². The molecule has 1 amide bonds. The minimum absolute atomic E-state index is 0.154.